The fourth-order valence-electron chi connectivity index (χ4n) is 2.83. The first kappa shape index (κ1) is 17.9. The van der Waals surface area contributed by atoms with Crippen LogP contribution in [0.5, 0.6) is 11.5 Å². The maximum Gasteiger partial charge on any atom is 0.534 e. The van der Waals surface area contributed by atoms with Crippen molar-refractivity contribution >= 4 is 10.1 Å². The number of ether oxygens (including phenoxy) is 1. The largest absolute Gasteiger partial charge is 0.534 e. The Morgan fingerprint density at radius 1 is 1.17 bits per heavy atom. The Balaban J connectivity index is 2.61. The number of rotatable bonds is 5. The lowest BCUT2D eigenvalue weighted by Crippen LogP contribution is -2.29. The first-order chi connectivity index (χ1) is 10.7. The topological polar surface area (TPSA) is 52.6 Å². The first-order valence-corrected chi connectivity index (χ1v) is 8.84. The molecule has 1 aliphatic carbocycles. The van der Waals surface area contributed by atoms with Gasteiger partial charge in [-0.3, -0.25) is 0 Å². The molecule has 0 spiro atoms. The Kier molecular flexibility index (Phi) is 5.13. The lowest BCUT2D eigenvalue weighted by Gasteiger charge is -2.24. The highest BCUT2D eigenvalue weighted by Crippen LogP contribution is 2.41. The van der Waals surface area contributed by atoms with Crippen LogP contribution in [0.15, 0.2) is 6.07 Å². The summed E-state index contributed by atoms with van der Waals surface area (Å²) in [5, 5.41) is 0. The second-order valence-corrected chi connectivity index (χ2v) is 7.00. The van der Waals surface area contributed by atoms with Crippen molar-refractivity contribution in [2.24, 2.45) is 0 Å². The van der Waals surface area contributed by atoms with Crippen molar-refractivity contribution in [3.8, 4) is 11.5 Å². The standard InChI is InChI=1S/C15H19F3O4S/c1-3-6-10-9-13(21-2)11-7-4-5-8-12(11)14(10)22-23(19,20)15(16,17)18/h9H,3-8H2,1-2H3. The molecule has 0 saturated heterocycles. The SMILES string of the molecule is CCCc1cc(OC)c2c(c1OS(=O)(=O)C(F)(F)F)CCCC2. The predicted octanol–water partition coefficient (Wildman–Crippen LogP) is 3.75. The molecule has 130 valence electrons. The molecule has 0 fully saturated rings. The summed E-state index contributed by atoms with van der Waals surface area (Å²) >= 11 is 0. The average Bonchev–Trinajstić information content (AvgIpc) is 2.48. The van der Waals surface area contributed by atoms with E-state index in [1.54, 1.807) is 6.07 Å². The highest BCUT2D eigenvalue weighted by atomic mass is 32.2. The number of benzene rings is 1. The number of hydrogen-bond donors (Lipinski definition) is 0. The van der Waals surface area contributed by atoms with E-state index in [1.807, 2.05) is 6.92 Å². The van der Waals surface area contributed by atoms with Gasteiger partial charge in [-0.2, -0.15) is 21.6 Å². The molecular weight excluding hydrogens is 333 g/mol. The molecule has 0 bridgehead atoms. The molecule has 1 aliphatic rings. The third-order valence-electron chi connectivity index (χ3n) is 3.85. The number of halogens is 3. The number of aryl methyl sites for hydroxylation is 1. The second-order valence-electron chi connectivity index (χ2n) is 5.46. The Hall–Kier alpha value is -1.44. The van der Waals surface area contributed by atoms with E-state index in [1.165, 1.54) is 7.11 Å². The zero-order valence-electron chi connectivity index (χ0n) is 13.0. The van der Waals surface area contributed by atoms with Gasteiger partial charge in [0.1, 0.15) is 11.5 Å². The molecule has 23 heavy (non-hydrogen) atoms. The Morgan fingerprint density at radius 3 is 2.30 bits per heavy atom. The van der Waals surface area contributed by atoms with Gasteiger partial charge < -0.3 is 8.92 Å². The minimum absolute atomic E-state index is 0.167. The minimum Gasteiger partial charge on any atom is -0.496 e. The second kappa shape index (κ2) is 6.59. The van der Waals surface area contributed by atoms with Crippen LogP contribution in [-0.4, -0.2) is 21.0 Å². The van der Waals surface area contributed by atoms with E-state index in [-0.39, 0.29) is 5.75 Å². The monoisotopic (exact) mass is 352 g/mol. The molecule has 1 aromatic rings. The Labute approximate surface area is 133 Å². The van der Waals surface area contributed by atoms with E-state index in [9.17, 15) is 21.6 Å². The summed E-state index contributed by atoms with van der Waals surface area (Å²) in [6.45, 7) is 1.86. The first-order valence-electron chi connectivity index (χ1n) is 7.43. The van der Waals surface area contributed by atoms with Crippen molar-refractivity contribution in [1.29, 1.82) is 0 Å². The van der Waals surface area contributed by atoms with Crippen molar-refractivity contribution in [2.45, 2.75) is 51.0 Å². The van der Waals surface area contributed by atoms with Gasteiger partial charge in [0.2, 0.25) is 0 Å². The van der Waals surface area contributed by atoms with Gasteiger partial charge in [-0.05, 0) is 43.7 Å². The van der Waals surface area contributed by atoms with Crippen molar-refractivity contribution in [3.05, 3.63) is 22.8 Å². The maximum atomic E-state index is 12.7. The number of alkyl halides is 3. The van der Waals surface area contributed by atoms with Crippen LogP contribution in [0.25, 0.3) is 0 Å². The van der Waals surface area contributed by atoms with Gasteiger partial charge in [-0.15, -0.1) is 0 Å². The van der Waals surface area contributed by atoms with Crippen LogP contribution < -0.4 is 8.92 Å². The summed E-state index contributed by atoms with van der Waals surface area (Å²) in [5.41, 5.74) is -3.76. The molecule has 1 aromatic carbocycles. The summed E-state index contributed by atoms with van der Waals surface area (Å²) in [6.07, 6.45) is 3.81. The summed E-state index contributed by atoms with van der Waals surface area (Å²) in [5.74, 6) is 0.416. The Bertz CT molecular complexity index is 681. The van der Waals surface area contributed by atoms with Gasteiger partial charge in [-0.1, -0.05) is 13.3 Å². The zero-order valence-corrected chi connectivity index (χ0v) is 13.8. The Morgan fingerprint density at radius 2 is 1.78 bits per heavy atom. The van der Waals surface area contributed by atoms with Crippen LogP contribution >= 0.6 is 0 Å². The number of fused-ring (bicyclic) bond motifs is 1. The van der Waals surface area contributed by atoms with Crippen LogP contribution in [-0.2, 0) is 29.4 Å². The third-order valence-corrected chi connectivity index (χ3v) is 4.81. The molecule has 0 atom stereocenters. The van der Waals surface area contributed by atoms with Gasteiger partial charge in [-0.25, -0.2) is 0 Å². The summed E-state index contributed by atoms with van der Waals surface area (Å²) in [4.78, 5) is 0. The molecule has 4 nitrogen and oxygen atoms in total. The summed E-state index contributed by atoms with van der Waals surface area (Å²) in [7, 11) is -4.19. The van der Waals surface area contributed by atoms with E-state index in [2.05, 4.69) is 4.18 Å². The van der Waals surface area contributed by atoms with Crippen LogP contribution in [0.2, 0.25) is 0 Å². The maximum absolute atomic E-state index is 12.7. The zero-order chi connectivity index (χ0) is 17.3. The quantitative estimate of drug-likeness (QED) is 0.598. The van der Waals surface area contributed by atoms with Crippen LogP contribution in [0.1, 0.15) is 42.9 Å². The minimum atomic E-state index is -5.69. The van der Waals surface area contributed by atoms with Crippen molar-refractivity contribution < 1.29 is 30.5 Å². The van der Waals surface area contributed by atoms with Gasteiger partial charge in [0.15, 0.2) is 0 Å². The predicted molar refractivity (Wildman–Crippen MR) is 79.2 cm³/mol. The molecule has 2 rings (SSSR count). The van der Waals surface area contributed by atoms with Gasteiger partial charge in [0.25, 0.3) is 0 Å². The molecule has 0 radical (unpaired) electrons. The summed E-state index contributed by atoms with van der Waals surface area (Å²) in [6, 6.07) is 1.59. The van der Waals surface area contributed by atoms with E-state index >= 15 is 0 Å². The fraction of sp³-hybridized carbons (Fsp3) is 0.600. The van der Waals surface area contributed by atoms with Gasteiger partial charge in [0.05, 0.1) is 7.11 Å². The van der Waals surface area contributed by atoms with Crippen molar-refractivity contribution in [1.82, 2.24) is 0 Å². The normalized spacial score (nSPS) is 15.2. The molecule has 0 amide bonds. The molecule has 0 saturated carbocycles. The third kappa shape index (κ3) is 3.57. The fourth-order valence-corrected chi connectivity index (χ4v) is 3.35. The molecular formula is C15H19F3O4S. The number of hydrogen-bond acceptors (Lipinski definition) is 4. The van der Waals surface area contributed by atoms with Crippen LogP contribution in [0, 0.1) is 0 Å². The molecule has 0 N–H and O–H groups in total. The highest BCUT2D eigenvalue weighted by Gasteiger charge is 2.49. The molecule has 0 aliphatic heterocycles. The van der Waals surface area contributed by atoms with Gasteiger partial charge >= 0.3 is 15.6 Å². The van der Waals surface area contributed by atoms with Crippen molar-refractivity contribution in [2.75, 3.05) is 7.11 Å². The summed E-state index contributed by atoms with van der Waals surface area (Å²) < 4.78 is 70.8. The lowest BCUT2D eigenvalue weighted by atomic mass is 9.87. The lowest BCUT2D eigenvalue weighted by molar-refractivity contribution is -0.0500. The van der Waals surface area contributed by atoms with E-state index in [4.69, 9.17) is 4.74 Å². The molecule has 0 aromatic heterocycles. The van der Waals surface area contributed by atoms with Crippen molar-refractivity contribution in [3.63, 3.8) is 0 Å². The van der Waals surface area contributed by atoms with E-state index in [0.29, 0.717) is 42.6 Å². The van der Waals surface area contributed by atoms with Gasteiger partial charge in [0, 0.05) is 11.1 Å². The molecule has 0 unspecified atom stereocenters. The van der Waals surface area contributed by atoms with Crippen LogP contribution in [0.4, 0.5) is 13.2 Å². The van der Waals surface area contributed by atoms with E-state index < -0.39 is 15.6 Å². The highest BCUT2D eigenvalue weighted by molar-refractivity contribution is 7.88. The molecule has 0 heterocycles. The average molecular weight is 352 g/mol. The van der Waals surface area contributed by atoms with Crippen LogP contribution in [0.3, 0.4) is 0 Å². The smallest absolute Gasteiger partial charge is 0.496 e. The molecule has 8 heteroatoms. The van der Waals surface area contributed by atoms with E-state index in [0.717, 1.165) is 18.4 Å². The number of methoxy groups -OCH3 is 1.